The highest BCUT2D eigenvalue weighted by atomic mass is 16.5. The minimum atomic E-state index is 0.321. The van der Waals surface area contributed by atoms with Crippen LogP contribution in [0, 0.1) is 0 Å². The van der Waals surface area contributed by atoms with Gasteiger partial charge in [0.05, 0.1) is 12.7 Å². The Labute approximate surface area is 110 Å². The van der Waals surface area contributed by atoms with Gasteiger partial charge in [-0.25, -0.2) is 0 Å². The van der Waals surface area contributed by atoms with Crippen molar-refractivity contribution in [1.29, 1.82) is 0 Å². The van der Waals surface area contributed by atoms with Gasteiger partial charge in [0.15, 0.2) is 0 Å². The molecule has 3 heteroatoms. The molecule has 0 spiro atoms. The van der Waals surface area contributed by atoms with Crippen LogP contribution in [0.15, 0.2) is 30.3 Å². The average Bonchev–Trinajstić information content (AvgIpc) is 2.41. The van der Waals surface area contributed by atoms with Crippen LogP contribution in [0.1, 0.15) is 24.9 Å². The van der Waals surface area contributed by atoms with Gasteiger partial charge in [-0.15, -0.1) is 0 Å². The van der Waals surface area contributed by atoms with E-state index in [9.17, 15) is 0 Å². The zero-order valence-corrected chi connectivity index (χ0v) is 11.4. The molecule has 0 aliphatic carbocycles. The van der Waals surface area contributed by atoms with E-state index in [2.05, 4.69) is 54.5 Å². The molecule has 1 fully saturated rings. The van der Waals surface area contributed by atoms with Crippen molar-refractivity contribution in [3.8, 4) is 0 Å². The number of hydrogen-bond donors (Lipinski definition) is 1. The quantitative estimate of drug-likeness (QED) is 0.863. The molecule has 3 nitrogen and oxygen atoms in total. The molecule has 0 saturated carbocycles. The van der Waals surface area contributed by atoms with Gasteiger partial charge in [0.25, 0.3) is 0 Å². The molecule has 0 unspecified atom stereocenters. The highest BCUT2D eigenvalue weighted by Crippen LogP contribution is 2.16. The summed E-state index contributed by atoms with van der Waals surface area (Å²) in [5, 5.41) is 3.62. The summed E-state index contributed by atoms with van der Waals surface area (Å²) in [7, 11) is 2.16. The summed E-state index contributed by atoms with van der Waals surface area (Å²) < 4.78 is 5.77. The van der Waals surface area contributed by atoms with E-state index in [0.29, 0.717) is 12.1 Å². The van der Waals surface area contributed by atoms with Crippen LogP contribution in [-0.2, 0) is 4.74 Å². The van der Waals surface area contributed by atoms with Crippen molar-refractivity contribution < 1.29 is 4.74 Å². The molecule has 0 aromatic heterocycles. The topological polar surface area (TPSA) is 24.5 Å². The Morgan fingerprint density at radius 2 is 2.17 bits per heavy atom. The van der Waals surface area contributed by atoms with Gasteiger partial charge in [0.1, 0.15) is 0 Å². The van der Waals surface area contributed by atoms with E-state index in [0.717, 1.165) is 32.7 Å². The molecule has 1 aliphatic rings. The number of hydrogen-bond acceptors (Lipinski definition) is 3. The third kappa shape index (κ3) is 3.80. The average molecular weight is 248 g/mol. The van der Waals surface area contributed by atoms with Crippen LogP contribution in [0.5, 0.6) is 0 Å². The number of nitrogens with zero attached hydrogens (tertiary/aromatic N) is 1. The molecular formula is C15H24N2O. The van der Waals surface area contributed by atoms with Crippen LogP contribution in [0.25, 0.3) is 0 Å². The molecule has 1 saturated heterocycles. The Kier molecular flexibility index (Phi) is 5.17. The number of likely N-dealkylation sites (N-methyl/N-ethyl adjacent to an activating group) is 1. The maximum Gasteiger partial charge on any atom is 0.0826 e. The van der Waals surface area contributed by atoms with Gasteiger partial charge >= 0.3 is 0 Å². The summed E-state index contributed by atoms with van der Waals surface area (Å²) in [6.45, 7) is 6.08. The van der Waals surface area contributed by atoms with E-state index in [1.165, 1.54) is 5.56 Å². The van der Waals surface area contributed by atoms with Crippen LogP contribution in [0.4, 0.5) is 0 Å². The van der Waals surface area contributed by atoms with Crippen LogP contribution in [0.3, 0.4) is 0 Å². The lowest BCUT2D eigenvalue weighted by atomic mass is 10.0. The number of morpholine rings is 1. The Morgan fingerprint density at radius 1 is 1.39 bits per heavy atom. The number of ether oxygens (including phenoxy) is 1. The normalized spacial score (nSPS) is 22.9. The van der Waals surface area contributed by atoms with Crippen molar-refractivity contribution in [3.05, 3.63) is 35.9 Å². The first-order valence-corrected chi connectivity index (χ1v) is 6.88. The fourth-order valence-electron chi connectivity index (χ4n) is 2.45. The Balaban J connectivity index is 1.84. The predicted molar refractivity (Wildman–Crippen MR) is 74.7 cm³/mol. The first kappa shape index (κ1) is 13.5. The molecule has 0 radical (unpaired) electrons. The minimum Gasteiger partial charge on any atom is -0.374 e. The van der Waals surface area contributed by atoms with E-state index in [4.69, 9.17) is 4.74 Å². The van der Waals surface area contributed by atoms with Gasteiger partial charge in [-0.2, -0.15) is 0 Å². The molecule has 1 N–H and O–H groups in total. The van der Waals surface area contributed by atoms with E-state index in [1.807, 2.05) is 0 Å². The first-order valence-electron chi connectivity index (χ1n) is 6.88. The number of rotatable bonds is 5. The third-order valence-corrected chi connectivity index (χ3v) is 3.54. The highest BCUT2D eigenvalue weighted by Gasteiger charge is 2.18. The molecule has 0 amide bonds. The smallest absolute Gasteiger partial charge is 0.0826 e. The molecule has 1 aromatic carbocycles. The second-order valence-electron chi connectivity index (χ2n) is 5.03. The third-order valence-electron chi connectivity index (χ3n) is 3.54. The predicted octanol–water partition coefficient (Wildman–Crippen LogP) is 2.06. The second kappa shape index (κ2) is 6.88. The molecule has 1 aromatic rings. The molecule has 1 aliphatic heterocycles. The van der Waals surface area contributed by atoms with Crippen molar-refractivity contribution in [2.45, 2.75) is 25.5 Å². The Hall–Kier alpha value is -0.900. The van der Waals surface area contributed by atoms with Crippen molar-refractivity contribution >= 4 is 0 Å². The maximum atomic E-state index is 5.77. The number of benzene rings is 1. The van der Waals surface area contributed by atoms with Gasteiger partial charge in [0, 0.05) is 25.7 Å². The van der Waals surface area contributed by atoms with Crippen molar-refractivity contribution in [2.24, 2.45) is 0 Å². The van der Waals surface area contributed by atoms with Gasteiger partial charge < -0.3 is 15.0 Å². The van der Waals surface area contributed by atoms with E-state index < -0.39 is 0 Å². The zero-order valence-electron chi connectivity index (χ0n) is 11.4. The molecule has 0 bridgehead atoms. The van der Waals surface area contributed by atoms with Gasteiger partial charge in [-0.3, -0.25) is 0 Å². The van der Waals surface area contributed by atoms with Gasteiger partial charge in [0.2, 0.25) is 0 Å². The zero-order chi connectivity index (χ0) is 12.8. The monoisotopic (exact) mass is 248 g/mol. The van der Waals surface area contributed by atoms with Gasteiger partial charge in [-0.1, -0.05) is 37.3 Å². The fourth-order valence-corrected chi connectivity index (χ4v) is 2.45. The summed E-state index contributed by atoms with van der Waals surface area (Å²) in [4.78, 5) is 2.33. The Morgan fingerprint density at radius 3 is 2.83 bits per heavy atom. The molecular weight excluding hydrogens is 224 g/mol. The highest BCUT2D eigenvalue weighted by molar-refractivity contribution is 5.18. The van der Waals surface area contributed by atoms with Crippen molar-refractivity contribution in [1.82, 2.24) is 10.2 Å². The summed E-state index contributed by atoms with van der Waals surface area (Å²) in [5.41, 5.74) is 1.36. The van der Waals surface area contributed by atoms with Crippen LogP contribution >= 0.6 is 0 Å². The molecule has 2 rings (SSSR count). The maximum absolute atomic E-state index is 5.77. The lowest BCUT2D eigenvalue weighted by molar-refractivity contribution is -0.0193. The molecule has 2 atom stereocenters. The molecule has 18 heavy (non-hydrogen) atoms. The van der Waals surface area contributed by atoms with Crippen molar-refractivity contribution in [2.75, 3.05) is 33.3 Å². The standard InChI is InChI=1S/C15H24N2O/c1-3-15(13-7-5-4-6-8-13)16-11-14-12-17(2)9-10-18-14/h4-8,14-16H,3,9-12H2,1-2H3/t14-,15-/m1/s1. The molecule has 1 heterocycles. The van der Waals surface area contributed by atoms with E-state index in [1.54, 1.807) is 0 Å². The second-order valence-corrected chi connectivity index (χ2v) is 5.03. The summed E-state index contributed by atoms with van der Waals surface area (Å²) in [6, 6.07) is 11.1. The Bertz CT molecular complexity index is 342. The molecule has 100 valence electrons. The SMILES string of the molecule is CC[C@@H](NC[C@@H]1CN(C)CCO1)c1ccccc1. The van der Waals surface area contributed by atoms with Crippen LogP contribution in [-0.4, -0.2) is 44.3 Å². The first-order chi connectivity index (χ1) is 8.79. The summed E-state index contributed by atoms with van der Waals surface area (Å²) in [5.74, 6) is 0. The van der Waals surface area contributed by atoms with E-state index >= 15 is 0 Å². The fraction of sp³-hybridized carbons (Fsp3) is 0.600. The summed E-state index contributed by atoms with van der Waals surface area (Å²) in [6.07, 6.45) is 1.42. The minimum absolute atomic E-state index is 0.321. The number of nitrogens with one attached hydrogen (secondary N) is 1. The summed E-state index contributed by atoms with van der Waals surface area (Å²) >= 11 is 0. The van der Waals surface area contributed by atoms with E-state index in [-0.39, 0.29) is 0 Å². The van der Waals surface area contributed by atoms with Crippen LogP contribution < -0.4 is 5.32 Å². The van der Waals surface area contributed by atoms with Crippen molar-refractivity contribution in [3.63, 3.8) is 0 Å². The van der Waals surface area contributed by atoms with Crippen LogP contribution in [0.2, 0.25) is 0 Å². The van der Waals surface area contributed by atoms with Gasteiger partial charge in [-0.05, 0) is 19.0 Å². The lowest BCUT2D eigenvalue weighted by Gasteiger charge is -2.31. The largest absolute Gasteiger partial charge is 0.374 e. The lowest BCUT2D eigenvalue weighted by Crippen LogP contribution is -2.45.